The van der Waals surface area contributed by atoms with Crippen molar-refractivity contribution in [3.05, 3.63) is 23.8 Å². The smallest absolute Gasteiger partial charge is 0.143 e. The van der Waals surface area contributed by atoms with E-state index >= 15 is 0 Å². The van der Waals surface area contributed by atoms with Gasteiger partial charge in [-0.05, 0) is 38.0 Å². The van der Waals surface area contributed by atoms with Crippen molar-refractivity contribution < 1.29 is 14.6 Å². The van der Waals surface area contributed by atoms with E-state index in [4.69, 9.17) is 4.74 Å². The Balaban J connectivity index is 2.37. The van der Waals surface area contributed by atoms with Crippen LogP contribution in [0.5, 0.6) is 0 Å². The second kappa shape index (κ2) is 4.04. The summed E-state index contributed by atoms with van der Waals surface area (Å²) < 4.78 is 6.07. The van der Waals surface area contributed by atoms with Crippen LogP contribution >= 0.6 is 0 Å². The van der Waals surface area contributed by atoms with Crippen molar-refractivity contribution in [1.82, 2.24) is 0 Å². The topological polar surface area (TPSA) is 46.5 Å². The third-order valence-electron chi connectivity index (χ3n) is 4.43. The molecule has 3 atom stereocenters. The molecular formula is C15H22O3. The van der Waals surface area contributed by atoms with Crippen molar-refractivity contribution in [3.8, 4) is 0 Å². The van der Waals surface area contributed by atoms with Crippen LogP contribution in [0.2, 0.25) is 0 Å². The minimum Gasteiger partial charge on any atom is -0.387 e. The van der Waals surface area contributed by atoms with Gasteiger partial charge in [0.1, 0.15) is 11.9 Å². The van der Waals surface area contributed by atoms with Gasteiger partial charge in [-0.3, -0.25) is 4.79 Å². The number of aldehydes is 1. The highest BCUT2D eigenvalue weighted by Crippen LogP contribution is 2.60. The molecule has 2 aliphatic rings. The van der Waals surface area contributed by atoms with Crippen molar-refractivity contribution in [2.45, 2.75) is 57.8 Å². The molecule has 0 aromatic carbocycles. The summed E-state index contributed by atoms with van der Waals surface area (Å²) in [5, 5.41) is 10.6. The minimum atomic E-state index is -0.850. The number of fused-ring (bicyclic) bond motifs is 2. The highest BCUT2D eigenvalue weighted by molar-refractivity contribution is 5.67. The molecule has 1 N–H and O–H groups in total. The van der Waals surface area contributed by atoms with Gasteiger partial charge in [0, 0.05) is 11.8 Å². The molecule has 0 saturated carbocycles. The van der Waals surface area contributed by atoms with Crippen molar-refractivity contribution in [1.29, 1.82) is 0 Å². The van der Waals surface area contributed by atoms with E-state index < -0.39 is 11.2 Å². The zero-order chi connectivity index (χ0) is 13.6. The van der Waals surface area contributed by atoms with Crippen molar-refractivity contribution in [2.75, 3.05) is 0 Å². The maximum Gasteiger partial charge on any atom is 0.143 e. The Bertz CT molecular complexity index is 397. The van der Waals surface area contributed by atoms with E-state index in [1.54, 1.807) is 0 Å². The van der Waals surface area contributed by atoms with Gasteiger partial charge in [0.2, 0.25) is 0 Å². The molecule has 2 bridgehead atoms. The molecule has 2 saturated heterocycles. The van der Waals surface area contributed by atoms with Gasteiger partial charge >= 0.3 is 0 Å². The molecular weight excluding hydrogens is 228 g/mol. The summed E-state index contributed by atoms with van der Waals surface area (Å²) in [4.78, 5) is 10.4. The van der Waals surface area contributed by atoms with Gasteiger partial charge in [-0.15, -0.1) is 0 Å². The summed E-state index contributed by atoms with van der Waals surface area (Å²) in [6.45, 7) is 7.97. The van der Waals surface area contributed by atoms with Crippen LogP contribution in [-0.2, 0) is 9.53 Å². The second-order valence-corrected chi connectivity index (χ2v) is 6.42. The van der Waals surface area contributed by atoms with Crippen LogP contribution in [0.15, 0.2) is 23.8 Å². The van der Waals surface area contributed by atoms with E-state index in [2.05, 4.69) is 13.8 Å². The van der Waals surface area contributed by atoms with Gasteiger partial charge < -0.3 is 9.84 Å². The van der Waals surface area contributed by atoms with Crippen molar-refractivity contribution in [2.24, 2.45) is 5.41 Å². The van der Waals surface area contributed by atoms with Crippen molar-refractivity contribution >= 4 is 6.29 Å². The molecule has 100 valence electrons. The minimum absolute atomic E-state index is 0.0998. The summed E-state index contributed by atoms with van der Waals surface area (Å²) in [5.74, 6) is 0. The van der Waals surface area contributed by atoms with Crippen molar-refractivity contribution in [3.63, 3.8) is 0 Å². The molecule has 18 heavy (non-hydrogen) atoms. The maximum atomic E-state index is 10.6. The largest absolute Gasteiger partial charge is 0.387 e. The Kier molecular flexibility index (Phi) is 3.03. The van der Waals surface area contributed by atoms with E-state index in [0.717, 1.165) is 18.3 Å². The van der Waals surface area contributed by atoms with Crippen LogP contribution in [0.1, 0.15) is 40.5 Å². The number of hydrogen-bond donors (Lipinski definition) is 1. The highest BCUT2D eigenvalue weighted by Gasteiger charge is 2.67. The van der Waals surface area contributed by atoms with Crippen LogP contribution in [0, 0.1) is 5.41 Å². The van der Waals surface area contributed by atoms with Gasteiger partial charge in [-0.2, -0.15) is 0 Å². The number of hydrogen-bond acceptors (Lipinski definition) is 3. The van der Waals surface area contributed by atoms with E-state index in [9.17, 15) is 9.90 Å². The summed E-state index contributed by atoms with van der Waals surface area (Å²) in [6.07, 6.45) is 7.87. The SMILES string of the molecule is CC(/C=C/[C@@]12O[C@@H](CC1(C)C)C[C@@]2(C)O)=C\C=O. The highest BCUT2D eigenvalue weighted by atomic mass is 16.5. The first kappa shape index (κ1) is 13.5. The van der Waals surface area contributed by atoms with Crippen LogP contribution in [0.3, 0.4) is 0 Å². The predicted octanol–water partition coefficient (Wildman–Crippen LogP) is 2.40. The fourth-order valence-corrected chi connectivity index (χ4v) is 3.61. The lowest BCUT2D eigenvalue weighted by molar-refractivity contribution is -0.115. The summed E-state index contributed by atoms with van der Waals surface area (Å²) >= 11 is 0. The zero-order valence-corrected chi connectivity index (χ0v) is 11.6. The third-order valence-corrected chi connectivity index (χ3v) is 4.43. The molecule has 0 aromatic heterocycles. The van der Waals surface area contributed by atoms with Gasteiger partial charge in [0.25, 0.3) is 0 Å². The Labute approximate surface area is 109 Å². The van der Waals surface area contributed by atoms with Gasteiger partial charge in [0.05, 0.1) is 11.7 Å². The molecule has 3 heteroatoms. The first-order valence-corrected chi connectivity index (χ1v) is 6.46. The standard InChI is InChI=1S/C15H22O3/c1-11(6-8-16)5-7-15-13(2,3)9-12(18-15)10-14(15,4)17/h5-8,12,17H,9-10H2,1-4H3/b7-5+,11-6+/t12-,14+,15+/m0/s1. The second-order valence-electron chi connectivity index (χ2n) is 6.42. The molecule has 2 rings (SSSR count). The first-order chi connectivity index (χ1) is 8.24. The average molecular weight is 250 g/mol. The van der Waals surface area contributed by atoms with Crippen LogP contribution in [0.25, 0.3) is 0 Å². The molecule has 3 nitrogen and oxygen atoms in total. The number of carbonyl (C=O) groups is 1. The monoisotopic (exact) mass is 250 g/mol. The van der Waals surface area contributed by atoms with Gasteiger partial charge in [-0.25, -0.2) is 0 Å². The number of carbonyl (C=O) groups excluding carboxylic acids is 1. The molecule has 0 aliphatic carbocycles. The number of ether oxygens (including phenoxy) is 1. The lowest BCUT2D eigenvalue weighted by atomic mass is 9.61. The molecule has 2 heterocycles. The quantitative estimate of drug-likeness (QED) is 0.475. The summed E-state index contributed by atoms with van der Waals surface area (Å²) in [7, 11) is 0. The van der Waals surface area contributed by atoms with E-state index in [1.807, 2.05) is 26.0 Å². The lowest BCUT2D eigenvalue weighted by Crippen LogP contribution is -2.56. The summed E-state index contributed by atoms with van der Waals surface area (Å²) in [6, 6.07) is 0. The first-order valence-electron chi connectivity index (χ1n) is 6.46. The number of aliphatic hydroxyl groups is 1. The van der Waals surface area contributed by atoms with Gasteiger partial charge in [-0.1, -0.05) is 19.9 Å². The maximum absolute atomic E-state index is 10.6. The normalized spacial score (nSPS) is 42.7. The van der Waals surface area contributed by atoms with E-state index in [1.165, 1.54) is 6.08 Å². The van der Waals surface area contributed by atoms with Crippen LogP contribution in [-0.4, -0.2) is 28.7 Å². The Hall–Kier alpha value is -0.930. The molecule has 2 fully saturated rings. The zero-order valence-electron chi connectivity index (χ0n) is 11.6. The lowest BCUT2D eigenvalue weighted by Gasteiger charge is -2.46. The molecule has 0 unspecified atom stereocenters. The Morgan fingerprint density at radius 3 is 2.50 bits per heavy atom. The Morgan fingerprint density at radius 1 is 1.33 bits per heavy atom. The fourth-order valence-electron chi connectivity index (χ4n) is 3.61. The summed E-state index contributed by atoms with van der Waals surface area (Å²) in [5.41, 5.74) is -0.734. The molecule has 0 amide bonds. The average Bonchev–Trinajstić information content (AvgIpc) is 2.60. The number of rotatable bonds is 3. The Morgan fingerprint density at radius 2 is 2.00 bits per heavy atom. The van der Waals surface area contributed by atoms with Gasteiger partial charge in [0.15, 0.2) is 0 Å². The fraction of sp³-hybridized carbons (Fsp3) is 0.667. The molecule has 2 aliphatic heterocycles. The molecule has 0 aromatic rings. The van der Waals surface area contributed by atoms with E-state index in [-0.39, 0.29) is 11.5 Å². The molecule has 0 radical (unpaired) electrons. The van der Waals surface area contributed by atoms with Crippen LogP contribution < -0.4 is 0 Å². The third kappa shape index (κ3) is 1.77. The molecule has 0 spiro atoms. The van der Waals surface area contributed by atoms with E-state index in [0.29, 0.717) is 6.42 Å². The van der Waals surface area contributed by atoms with Crippen LogP contribution in [0.4, 0.5) is 0 Å². The predicted molar refractivity (Wildman–Crippen MR) is 70.2 cm³/mol. The number of allylic oxidation sites excluding steroid dienone is 3.